The van der Waals surface area contributed by atoms with E-state index < -0.39 is 0 Å². The molecule has 136 valence electrons. The Hall–Kier alpha value is -2.94. The summed E-state index contributed by atoms with van der Waals surface area (Å²) in [6.45, 7) is 3.40. The average Bonchev–Trinajstić information content (AvgIpc) is 3.35. The Bertz CT molecular complexity index is 870. The zero-order chi connectivity index (χ0) is 17.8. The molecule has 1 fully saturated rings. The van der Waals surface area contributed by atoms with Crippen molar-refractivity contribution in [2.45, 2.75) is 19.4 Å². The molecule has 0 saturated carbocycles. The Balaban J connectivity index is 1.40. The normalized spacial score (nSPS) is 14.7. The largest absolute Gasteiger partial charge is 0.467 e. The van der Waals surface area contributed by atoms with Crippen molar-refractivity contribution in [1.29, 1.82) is 0 Å². The van der Waals surface area contributed by atoms with Crippen LogP contribution in [0.5, 0.6) is 0 Å². The van der Waals surface area contributed by atoms with E-state index >= 15 is 0 Å². The van der Waals surface area contributed by atoms with Crippen LogP contribution in [-0.2, 0) is 22.5 Å². The first kappa shape index (κ1) is 16.5. The molecular weight excluding hydrogens is 336 g/mol. The number of rotatable bonds is 6. The van der Waals surface area contributed by atoms with E-state index in [1.165, 1.54) is 0 Å². The number of furan rings is 1. The molecule has 1 amide bonds. The molecule has 9 nitrogen and oxygen atoms in total. The maximum absolute atomic E-state index is 12.0. The van der Waals surface area contributed by atoms with Crippen LogP contribution in [0, 0.1) is 0 Å². The molecule has 1 aliphatic rings. The van der Waals surface area contributed by atoms with Crippen molar-refractivity contribution in [3.63, 3.8) is 0 Å². The smallest absolute Gasteiger partial charge is 0.220 e. The summed E-state index contributed by atoms with van der Waals surface area (Å²) in [5, 5.41) is 15.8. The molecule has 4 rings (SSSR count). The molecule has 0 aromatic carbocycles. The lowest BCUT2D eigenvalue weighted by Gasteiger charge is -2.27. The van der Waals surface area contributed by atoms with Gasteiger partial charge in [0.2, 0.25) is 5.91 Å². The fraction of sp³-hybridized carbons (Fsp3) is 0.412. The lowest BCUT2D eigenvalue weighted by molar-refractivity contribution is -0.121. The summed E-state index contributed by atoms with van der Waals surface area (Å²) in [6.07, 6.45) is 2.36. The molecule has 0 radical (unpaired) electrons. The van der Waals surface area contributed by atoms with Crippen molar-refractivity contribution in [3.8, 4) is 0 Å². The lowest BCUT2D eigenvalue weighted by atomic mass is 10.3. The summed E-state index contributed by atoms with van der Waals surface area (Å²) in [5.41, 5.74) is 0.674. The van der Waals surface area contributed by atoms with E-state index in [0.29, 0.717) is 44.1 Å². The van der Waals surface area contributed by atoms with Crippen LogP contribution in [0.25, 0.3) is 5.65 Å². The molecule has 4 heterocycles. The highest BCUT2D eigenvalue weighted by molar-refractivity contribution is 5.76. The quantitative estimate of drug-likeness (QED) is 0.698. The first-order valence-corrected chi connectivity index (χ1v) is 8.63. The molecule has 1 N–H and O–H groups in total. The fourth-order valence-corrected chi connectivity index (χ4v) is 2.85. The second-order valence-corrected chi connectivity index (χ2v) is 6.03. The Labute approximate surface area is 149 Å². The van der Waals surface area contributed by atoms with Gasteiger partial charge in [-0.25, -0.2) is 0 Å². The van der Waals surface area contributed by atoms with Gasteiger partial charge in [0, 0.05) is 25.9 Å². The predicted octanol–water partition coefficient (Wildman–Crippen LogP) is 0.803. The van der Waals surface area contributed by atoms with Crippen molar-refractivity contribution in [2.75, 3.05) is 31.2 Å². The summed E-state index contributed by atoms with van der Waals surface area (Å²) >= 11 is 0. The number of nitrogens with one attached hydrogen (secondary N) is 1. The average molecular weight is 356 g/mol. The summed E-state index contributed by atoms with van der Waals surface area (Å²) in [5.74, 6) is 2.19. The second-order valence-electron chi connectivity index (χ2n) is 6.03. The molecule has 9 heteroatoms. The SMILES string of the molecule is O=C(CCc1nnc2ccc(N3CCOCC3)nn12)NCc1ccco1. The molecule has 0 spiro atoms. The van der Waals surface area contributed by atoms with Crippen LogP contribution >= 0.6 is 0 Å². The zero-order valence-electron chi connectivity index (χ0n) is 14.3. The van der Waals surface area contributed by atoms with Crippen LogP contribution in [0.3, 0.4) is 0 Å². The van der Waals surface area contributed by atoms with Crippen molar-refractivity contribution in [1.82, 2.24) is 25.1 Å². The maximum atomic E-state index is 12.0. The number of morpholine rings is 1. The summed E-state index contributed by atoms with van der Waals surface area (Å²) in [6, 6.07) is 7.45. The van der Waals surface area contributed by atoms with Gasteiger partial charge in [-0.1, -0.05) is 0 Å². The number of anilines is 1. The van der Waals surface area contributed by atoms with E-state index in [1.54, 1.807) is 16.8 Å². The maximum Gasteiger partial charge on any atom is 0.220 e. The van der Waals surface area contributed by atoms with Crippen LogP contribution in [0.4, 0.5) is 5.82 Å². The van der Waals surface area contributed by atoms with Gasteiger partial charge < -0.3 is 19.4 Å². The lowest BCUT2D eigenvalue weighted by Crippen LogP contribution is -2.37. The van der Waals surface area contributed by atoms with Gasteiger partial charge in [-0.3, -0.25) is 4.79 Å². The third-order valence-corrected chi connectivity index (χ3v) is 4.26. The van der Waals surface area contributed by atoms with E-state index in [1.807, 2.05) is 18.2 Å². The molecule has 0 atom stereocenters. The number of carbonyl (C=O) groups excluding carboxylic acids is 1. The zero-order valence-corrected chi connectivity index (χ0v) is 14.3. The fourth-order valence-electron chi connectivity index (χ4n) is 2.85. The first-order chi connectivity index (χ1) is 12.8. The minimum Gasteiger partial charge on any atom is -0.467 e. The van der Waals surface area contributed by atoms with Crippen LogP contribution in [0.2, 0.25) is 0 Å². The highest BCUT2D eigenvalue weighted by Gasteiger charge is 2.15. The second kappa shape index (κ2) is 7.52. The molecule has 3 aromatic heterocycles. The number of carbonyl (C=O) groups is 1. The van der Waals surface area contributed by atoms with Gasteiger partial charge in [0.05, 0.1) is 26.0 Å². The highest BCUT2D eigenvalue weighted by atomic mass is 16.5. The Kier molecular flexibility index (Phi) is 4.78. The van der Waals surface area contributed by atoms with Crippen LogP contribution in [-0.4, -0.2) is 52.0 Å². The number of fused-ring (bicyclic) bond motifs is 1. The van der Waals surface area contributed by atoms with Crippen LogP contribution in [0.15, 0.2) is 34.9 Å². The van der Waals surface area contributed by atoms with Crippen molar-refractivity contribution in [3.05, 3.63) is 42.1 Å². The molecule has 0 bridgehead atoms. The number of ether oxygens (including phenoxy) is 1. The van der Waals surface area contributed by atoms with Gasteiger partial charge in [-0.2, -0.15) is 4.52 Å². The molecule has 26 heavy (non-hydrogen) atoms. The van der Waals surface area contributed by atoms with E-state index in [-0.39, 0.29) is 5.91 Å². The minimum atomic E-state index is -0.0671. The molecular formula is C17H20N6O3. The van der Waals surface area contributed by atoms with Gasteiger partial charge in [0.15, 0.2) is 11.5 Å². The molecule has 3 aromatic rings. The number of aromatic nitrogens is 4. The van der Waals surface area contributed by atoms with Gasteiger partial charge in [-0.05, 0) is 24.3 Å². The summed E-state index contributed by atoms with van der Waals surface area (Å²) < 4.78 is 12.3. The number of nitrogens with zero attached hydrogens (tertiary/aromatic N) is 5. The number of hydrogen-bond donors (Lipinski definition) is 1. The Morgan fingerprint density at radius 3 is 2.88 bits per heavy atom. The van der Waals surface area contributed by atoms with Crippen molar-refractivity contribution in [2.24, 2.45) is 0 Å². The van der Waals surface area contributed by atoms with E-state index in [2.05, 4.69) is 25.5 Å². The first-order valence-electron chi connectivity index (χ1n) is 8.63. The molecule has 0 unspecified atom stereocenters. The topological polar surface area (TPSA) is 97.8 Å². The van der Waals surface area contributed by atoms with Gasteiger partial charge in [-0.15, -0.1) is 15.3 Å². The summed E-state index contributed by atoms with van der Waals surface area (Å²) in [7, 11) is 0. The van der Waals surface area contributed by atoms with Gasteiger partial charge >= 0.3 is 0 Å². The molecule has 1 saturated heterocycles. The number of hydrogen-bond acceptors (Lipinski definition) is 7. The third kappa shape index (κ3) is 3.67. The standard InChI is InChI=1S/C17H20N6O3/c24-17(18-12-13-2-1-9-26-13)6-5-15-20-19-14-3-4-16(21-23(14)15)22-7-10-25-11-8-22/h1-4,9H,5-8,10-12H2,(H,18,24). The Morgan fingerprint density at radius 2 is 2.08 bits per heavy atom. The summed E-state index contributed by atoms with van der Waals surface area (Å²) in [4.78, 5) is 14.2. The van der Waals surface area contributed by atoms with Gasteiger partial charge in [0.25, 0.3) is 0 Å². The van der Waals surface area contributed by atoms with Crippen LogP contribution < -0.4 is 10.2 Å². The monoisotopic (exact) mass is 356 g/mol. The molecule has 1 aliphatic heterocycles. The van der Waals surface area contributed by atoms with E-state index in [9.17, 15) is 4.79 Å². The van der Waals surface area contributed by atoms with E-state index in [0.717, 1.165) is 24.7 Å². The molecule has 0 aliphatic carbocycles. The van der Waals surface area contributed by atoms with Gasteiger partial charge in [0.1, 0.15) is 11.6 Å². The third-order valence-electron chi connectivity index (χ3n) is 4.26. The van der Waals surface area contributed by atoms with Crippen LogP contribution in [0.1, 0.15) is 18.0 Å². The Morgan fingerprint density at radius 1 is 1.19 bits per heavy atom. The van der Waals surface area contributed by atoms with Crippen molar-refractivity contribution < 1.29 is 13.9 Å². The predicted molar refractivity (Wildman–Crippen MR) is 92.7 cm³/mol. The highest BCUT2D eigenvalue weighted by Crippen LogP contribution is 2.14. The number of aryl methyl sites for hydroxylation is 1. The van der Waals surface area contributed by atoms with E-state index in [4.69, 9.17) is 9.15 Å². The number of amides is 1. The van der Waals surface area contributed by atoms with Crippen molar-refractivity contribution >= 4 is 17.4 Å². The minimum absolute atomic E-state index is 0.0671.